The first-order chi connectivity index (χ1) is 11.6. The van der Waals surface area contributed by atoms with Crippen LogP contribution in [0.15, 0.2) is 35.8 Å². The molecule has 1 aromatic carbocycles. The Kier molecular flexibility index (Phi) is 5.05. The minimum Gasteiger partial charge on any atom is -0.352 e. The summed E-state index contributed by atoms with van der Waals surface area (Å²) in [5.74, 6) is 0.0133. The number of nitro groups is 1. The fourth-order valence-corrected chi connectivity index (χ4v) is 3.45. The zero-order valence-corrected chi connectivity index (χ0v) is 13.9. The second-order valence-corrected chi connectivity index (χ2v) is 6.61. The molecule has 1 aliphatic heterocycles. The van der Waals surface area contributed by atoms with E-state index >= 15 is 0 Å². The monoisotopic (exact) mass is 346 g/mol. The maximum Gasteiger partial charge on any atom is 0.269 e. The third kappa shape index (κ3) is 4.08. The Balaban J connectivity index is 1.44. The molecule has 2 aromatic rings. The fourth-order valence-electron chi connectivity index (χ4n) is 2.77. The molecule has 3 rings (SSSR count). The van der Waals surface area contributed by atoms with E-state index in [1.54, 1.807) is 29.7 Å². The van der Waals surface area contributed by atoms with E-state index in [0.717, 1.165) is 30.2 Å². The molecule has 1 aliphatic rings. The number of aromatic nitrogens is 1. The van der Waals surface area contributed by atoms with Crippen LogP contribution in [0.5, 0.6) is 0 Å². The smallest absolute Gasteiger partial charge is 0.269 e. The number of amides is 1. The van der Waals surface area contributed by atoms with Crippen molar-refractivity contribution in [2.24, 2.45) is 0 Å². The number of carbonyl (C=O) groups is 1. The highest BCUT2D eigenvalue weighted by molar-refractivity contribution is 7.13. The van der Waals surface area contributed by atoms with Gasteiger partial charge < -0.3 is 10.2 Å². The molecule has 0 bridgehead atoms. The number of hydrogen-bond donors (Lipinski definition) is 1. The molecule has 0 saturated carbocycles. The molecule has 0 aliphatic carbocycles. The molecule has 1 saturated heterocycles. The van der Waals surface area contributed by atoms with Crippen molar-refractivity contribution in [1.82, 2.24) is 10.3 Å². The van der Waals surface area contributed by atoms with Gasteiger partial charge in [0.1, 0.15) is 0 Å². The van der Waals surface area contributed by atoms with Gasteiger partial charge in [0.2, 0.25) is 5.91 Å². The van der Waals surface area contributed by atoms with E-state index in [-0.39, 0.29) is 17.6 Å². The van der Waals surface area contributed by atoms with Gasteiger partial charge in [0.25, 0.3) is 5.69 Å². The Bertz CT molecular complexity index is 703. The van der Waals surface area contributed by atoms with Gasteiger partial charge in [-0.1, -0.05) is 12.1 Å². The lowest BCUT2D eigenvalue weighted by Gasteiger charge is -2.15. The first-order valence-corrected chi connectivity index (χ1v) is 8.67. The molecular formula is C16H18N4O3S. The van der Waals surface area contributed by atoms with Gasteiger partial charge in [-0.05, 0) is 18.4 Å². The Morgan fingerprint density at radius 1 is 1.42 bits per heavy atom. The molecule has 7 nitrogen and oxygen atoms in total. The van der Waals surface area contributed by atoms with Crippen LogP contribution in [0, 0.1) is 10.1 Å². The average Bonchev–Trinajstić information content (AvgIpc) is 3.24. The number of nitro benzene ring substituents is 1. The summed E-state index contributed by atoms with van der Waals surface area (Å²) in [4.78, 5) is 28.8. The molecule has 1 atom stereocenters. The zero-order chi connectivity index (χ0) is 16.9. The van der Waals surface area contributed by atoms with Crippen LogP contribution in [0.4, 0.5) is 10.8 Å². The number of benzene rings is 1. The maximum absolute atomic E-state index is 12.1. The van der Waals surface area contributed by atoms with Crippen molar-refractivity contribution in [2.75, 3.05) is 18.0 Å². The SMILES string of the molecule is O=C(CCc1ccc([N+](=O)[O-])cc1)NC1CCN(c2nccs2)C1. The van der Waals surface area contributed by atoms with Gasteiger partial charge in [0.05, 0.1) is 4.92 Å². The van der Waals surface area contributed by atoms with E-state index in [0.29, 0.717) is 12.8 Å². The summed E-state index contributed by atoms with van der Waals surface area (Å²) >= 11 is 1.61. The Labute approximate surface area is 143 Å². The summed E-state index contributed by atoms with van der Waals surface area (Å²) in [6.07, 6.45) is 3.66. The summed E-state index contributed by atoms with van der Waals surface area (Å²) in [7, 11) is 0. The average molecular weight is 346 g/mol. The minimum atomic E-state index is -0.426. The molecular weight excluding hydrogens is 328 g/mol. The van der Waals surface area contributed by atoms with Gasteiger partial charge in [-0.15, -0.1) is 11.3 Å². The number of non-ortho nitro benzene ring substituents is 1. The van der Waals surface area contributed by atoms with Crippen LogP contribution in [-0.2, 0) is 11.2 Å². The van der Waals surface area contributed by atoms with Gasteiger partial charge in [-0.25, -0.2) is 4.98 Å². The Morgan fingerprint density at radius 3 is 2.88 bits per heavy atom. The summed E-state index contributed by atoms with van der Waals surface area (Å²) in [6.45, 7) is 1.69. The van der Waals surface area contributed by atoms with Crippen LogP contribution in [0.3, 0.4) is 0 Å². The van der Waals surface area contributed by atoms with Gasteiger partial charge in [0.15, 0.2) is 5.13 Å². The Morgan fingerprint density at radius 2 is 2.21 bits per heavy atom. The summed E-state index contributed by atoms with van der Waals surface area (Å²) < 4.78 is 0. The first kappa shape index (κ1) is 16.4. The number of nitrogens with one attached hydrogen (secondary N) is 1. The third-order valence-electron chi connectivity index (χ3n) is 4.03. The maximum atomic E-state index is 12.1. The summed E-state index contributed by atoms with van der Waals surface area (Å²) in [5, 5.41) is 16.6. The summed E-state index contributed by atoms with van der Waals surface area (Å²) in [5.41, 5.74) is 0.989. The van der Waals surface area contributed by atoms with E-state index in [1.807, 2.05) is 5.38 Å². The second kappa shape index (κ2) is 7.39. The van der Waals surface area contributed by atoms with Crippen LogP contribution in [0.1, 0.15) is 18.4 Å². The largest absolute Gasteiger partial charge is 0.352 e. The number of thiazole rings is 1. The van der Waals surface area contributed by atoms with Crippen molar-refractivity contribution < 1.29 is 9.72 Å². The number of aryl methyl sites for hydroxylation is 1. The number of carbonyl (C=O) groups excluding carboxylic acids is 1. The van der Waals surface area contributed by atoms with Crippen LogP contribution < -0.4 is 10.2 Å². The third-order valence-corrected chi connectivity index (χ3v) is 4.86. The molecule has 1 fully saturated rings. The van der Waals surface area contributed by atoms with Crippen LogP contribution in [0.2, 0.25) is 0 Å². The van der Waals surface area contributed by atoms with Crippen molar-refractivity contribution >= 4 is 28.1 Å². The molecule has 1 N–H and O–H groups in total. The van der Waals surface area contributed by atoms with E-state index in [9.17, 15) is 14.9 Å². The molecule has 1 amide bonds. The van der Waals surface area contributed by atoms with Gasteiger partial charge in [0, 0.05) is 49.3 Å². The van der Waals surface area contributed by atoms with Gasteiger partial charge in [-0.3, -0.25) is 14.9 Å². The van der Waals surface area contributed by atoms with Crippen molar-refractivity contribution in [1.29, 1.82) is 0 Å². The van der Waals surface area contributed by atoms with Crippen LogP contribution >= 0.6 is 11.3 Å². The number of nitrogens with zero attached hydrogens (tertiary/aromatic N) is 3. The first-order valence-electron chi connectivity index (χ1n) is 7.79. The lowest BCUT2D eigenvalue weighted by Crippen LogP contribution is -2.37. The standard InChI is InChI=1S/C16H18N4O3S/c21-15(6-3-12-1-4-14(5-2-12)20(22)23)18-13-7-9-19(11-13)16-17-8-10-24-16/h1-2,4-5,8,10,13H,3,6-7,9,11H2,(H,18,21). The van der Waals surface area contributed by atoms with Crippen LogP contribution in [-0.4, -0.2) is 34.9 Å². The lowest BCUT2D eigenvalue weighted by atomic mass is 10.1. The van der Waals surface area contributed by atoms with Crippen molar-refractivity contribution in [3.8, 4) is 0 Å². The molecule has 1 aromatic heterocycles. The molecule has 0 spiro atoms. The van der Waals surface area contributed by atoms with Crippen molar-refractivity contribution in [3.05, 3.63) is 51.5 Å². The molecule has 2 heterocycles. The second-order valence-electron chi connectivity index (χ2n) is 5.74. The topological polar surface area (TPSA) is 88.4 Å². The number of anilines is 1. The van der Waals surface area contributed by atoms with E-state index < -0.39 is 4.92 Å². The van der Waals surface area contributed by atoms with Crippen molar-refractivity contribution in [3.63, 3.8) is 0 Å². The van der Waals surface area contributed by atoms with Gasteiger partial charge in [-0.2, -0.15) is 0 Å². The fraction of sp³-hybridized carbons (Fsp3) is 0.375. The predicted octanol–water partition coefficient (Wildman–Crippen LogP) is 2.38. The van der Waals surface area contributed by atoms with Crippen LogP contribution in [0.25, 0.3) is 0 Å². The number of rotatable bonds is 6. The van der Waals surface area contributed by atoms with Gasteiger partial charge >= 0.3 is 0 Å². The van der Waals surface area contributed by atoms with Crippen molar-refractivity contribution in [2.45, 2.75) is 25.3 Å². The highest BCUT2D eigenvalue weighted by Crippen LogP contribution is 2.22. The quantitative estimate of drug-likeness (QED) is 0.641. The van der Waals surface area contributed by atoms with E-state index in [4.69, 9.17) is 0 Å². The van der Waals surface area contributed by atoms with E-state index in [1.165, 1.54) is 12.1 Å². The normalized spacial score (nSPS) is 17.0. The molecule has 0 radical (unpaired) electrons. The minimum absolute atomic E-state index is 0.0133. The molecule has 24 heavy (non-hydrogen) atoms. The lowest BCUT2D eigenvalue weighted by molar-refractivity contribution is -0.384. The molecule has 8 heteroatoms. The Hall–Kier alpha value is -2.48. The highest BCUT2D eigenvalue weighted by Gasteiger charge is 2.25. The summed E-state index contributed by atoms with van der Waals surface area (Å²) in [6, 6.07) is 6.49. The van der Waals surface area contributed by atoms with E-state index in [2.05, 4.69) is 15.2 Å². The zero-order valence-electron chi connectivity index (χ0n) is 13.1. The molecule has 1 unspecified atom stereocenters. The number of hydrogen-bond acceptors (Lipinski definition) is 6. The predicted molar refractivity (Wildman–Crippen MR) is 92.3 cm³/mol. The molecule has 126 valence electrons. The highest BCUT2D eigenvalue weighted by atomic mass is 32.1.